The zero-order chi connectivity index (χ0) is 12.1. The van der Waals surface area contributed by atoms with Crippen LogP contribution < -0.4 is 5.32 Å². The summed E-state index contributed by atoms with van der Waals surface area (Å²) in [6.45, 7) is 7.90. The molecule has 3 heteroatoms. The summed E-state index contributed by atoms with van der Waals surface area (Å²) in [7, 11) is 0. The second kappa shape index (κ2) is 5.84. The van der Waals surface area contributed by atoms with Gasteiger partial charge in [0.05, 0.1) is 0 Å². The molecule has 1 saturated heterocycles. The van der Waals surface area contributed by atoms with Crippen molar-refractivity contribution in [2.45, 2.75) is 12.5 Å². The highest BCUT2D eigenvalue weighted by atomic mass is 16.3. The van der Waals surface area contributed by atoms with Crippen molar-refractivity contribution < 1.29 is 5.11 Å². The largest absolute Gasteiger partial charge is 0.508 e. The molecular formula is C14H20N2O. The predicted octanol–water partition coefficient (Wildman–Crippen LogP) is 1.91. The molecule has 1 heterocycles. The summed E-state index contributed by atoms with van der Waals surface area (Å²) in [6.07, 6.45) is 2.80. The number of benzene rings is 1. The van der Waals surface area contributed by atoms with Gasteiger partial charge in [-0.05, 0) is 12.5 Å². The Balaban J connectivity index is 2.21. The lowest BCUT2D eigenvalue weighted by Crippen LogP contribution is -2.45. The third-order valence-corrected chi connectivity index (χ3v) is 3.28. The van der Waals surface area contributed by atoms with E-state index in [1.165, 1.54) is 0 Å². The van der Waals surface area contributed by atoms with Crippen molar-refractivity contribution in [2.75, 3.05) is 26.2 Å². The van der Waals surface area contributed by atoms with E-state index in [2.05, 4.69) is 16.8 Å². The minimum absolute atomic E-state index is 0.246. The molecule has 1 aromatic rings. The van der Waals surface area contributed by atoms with Gasteiger partial charge in [0.2, 0.25) is 0 Å². The molecule has 2 rings (SSSR count). The van der Waals surface area contributed by atoms with Gasteiger partial charge in [-0.25, -0.2) is 0 Å². The Hall–Kier alpha value is -1.32. The Morgan fingerprint density at radius 2 is 2.06 bits per heavy atom. The van der Waals surface area contributed by atoms with E-state index in [9.17, 15) is 5.11 Å². The van der Waals surface area contributed by atoms with Gasteiger partial charge in [-0.15, -0.1) is 6.58 Å². The van der Waals surface area contributed by atoms with Gasteiger partial charge < -0.3 is 10.4 Å². The summed E-state index contributed by atoms with van der Waals surface area (Å²) < 4.78 is 0. The molecule has 0 radical (unpaired) electrons. The van der Waals surface area contributed by atoms with Crippen LogP contribution in [0, 0.1) is 0 Å². The molecule has 0 unspecified atom stereocenters. The van der Waals surface area contributed by atoms with Crippen LogP contribution in [0.5, 0.6) is 5.75 Å². The number of rotatable bonds is 4. The van der Waals surface area contributed by atoms with Gasteiger partial charge >= 0.3 is 0 Å². The molecule has 0 aliphatic carbocycles. The molecule has 0 amide bonds. The average molecular weight is 232 g/mol. The molecule has 0 bridgehead atoms. The number of phenolic OH excluding ortho intramolecular Hbond substituents is 1. The molecule has 1 atom stereocenters. The van der Waals surface area contributed by atoms with Crippen molar-refractivity contribution in [3.8, 4) is 5.75 Å². The second-order valence-corrected chi connectivity index (χ2v) is 4.38. The third-order valence-electron chi connectivity index (χ3n) is 3.28. The Morgan fingerprint density at radius 1 is 1.35 bits per heavy atom. The molecule has 17 heavy (non-hydrogen) atoms. The van der Waals surface area contributed by atoms with E-state index in [0.717, 1.165) is 38.2 Å². The van der Waals surface area contributed by atoms with Crippen molar-refractivity contribution in [3.05, 3.63) is 42.5 Å². The normalized spacial score (nSPS) is 18.8. The van der Waals surface area contributed by atoms with Crippen LogP contribution in [0.3, 0.4) is 0 Å². The number of hydrogen-bond donors (Lipinski definition) is 2. The number of nitrogens with one attached hydrogen (secondary N) is 1. The van der Waals surface area contributed by atoms with E-state index in [1.54, 1.807) is 6.07 Å². The average Bonchev–Trinajstić information content (AvgIpc) is 2.38. The quantitative estimate of drug-likeness (QED) is 0.778. The molecule has 1 aliphatic rings. The number of para-hydroxylation sites is 1. The minimum Gasteiger partial charge on any atom is -0.508 e. The van der Waals surface area contributed by atoms with Gasteiger partial charge in [0.15, 0.2) is 0 Å². The Kier molecular flexibility index (Phi) is 4.18. The van der Waals surface area contributed by atoms with Crippen LogP contribution in [0.15, 0.2) is 36.9 Å². The van der Waals surface area contributed by atoms with Crippen molar-refractivity contribution in [1.29, 1.82) is 0 Å². The van der Waals surface area contributed by atoms with Crippen LogP contribution in [0.2, 0.25) is 0 Å². The van der Waals surface area contributed by atoms with E-state index in [4.69, 9.17) is 0 Å². The van der Waals surface area contributed by atoms with Gasteiger partial charge in [-0.3, -0.25) is 4.90 Å². The second-order valence-electron chi connectivity index (χ2n) is 4.38. The van der Waals surface area contributed by atoms with Gasteiger partial charge in [0.25, 0.3) is 0 Å². The Morgan fingerprint density at radius 3 is 2.71 bits per heavy atom. The lowest BCUT2D eigenvalue weighted by Gasteiger charge is -2.35. The lowest BCUT2D eigenvalue weighted by atomic mass is 10.00. The standard InChI is InChI=1S/C14H20N2O/c1-2-5-13(16-10-8-15-9-11-16)12-6-3-4-7-14(12)17/h2-4,6-7,13,15,17H,1,5,8-11H2/t13-/m0/s1. The summed E-state index contributed by atoms with van der Waals surface area (Å²) in [5, 5.41) is 13.3. The first-order valence-electron chi connectivity index (χ1n) is 6.16. The minimum atomic E-state index is 0.246. The summed E-state index contributed by atoms with van der Waals surface area (Å²) in [5.74, 6) is 0.387. The maximum Gasteiger partial charge on any atom is 0.120 e. The van der Waals surface area contributed by atoms with Crippen molar-refractivity contribution in [3.63, 3.8) is 0 Å². The molecule has 0 spiro atoms. The number of piperazine rings is 1. The number of aromatic hydroxyl groups is 1. The first-order valence-corrected chi connectivity index (χ1v) is 6.16. The summed E-state index contributed by atoms with van der Waals surface area (Å²) >= 11 is 0. The van der Waals surface area contributed by atoms with Crippen LogP contribution in [0.1, 0.15) is 18.0 Å². The zero-order valence-corrected chi connectivity index (χ0v) is 10.1. The highest BCUT2D eigenvalue weighted by Crippen LogP contribution is 2.31. The van der Waals surface area contributed by atoms with Gasteiger partial charge in [-0.2, -0.15) is 0 Å². The van der Waals surface area contributed by atoms with Crippen molar-refractivity contribution in [1.82, 2.24) is 10.2 Å². The summed E-state index contributed by atoms with van der Waals surface area (Å²) in [4.78, 5) is 2.41. The maximum absolute atomic E-state index is 9.96. The SMILES string of the molecule is C=CC[C@@H](c1ccccc1O)N1CCNCC1. The highest BCUT2D eigenvalue weighted by Gasteiger charge is 2.22. The zero-order valence-electron chi connectivity index (χ0n) is 10.1. The van der Waals surface area contributed by atoms with Crippen LogP contribution in [-0.2, 0) is 0 Å². The highest BCUT2D eigenvalue weighted by molar-refractivity contribution is 5.35. The number of hydrogen-bond acceptors (Lipinski definition) is 3. The molecule has 0 aromatic heterocycles. The molecule has 3 nitrogen and oxygen atoms in total. The first kappa shape index (κ1) is 12.1. The van der Waals surface area contributed by atoms with Crippen LogP contribution in [0.25, 0.3) is 0 Å². The maximum atomic E-state index is 9.96. The van der Waals surface area contributed by atoms with E-state index >= 15 is 0 Å². The predicted molar refractivity (Wildman–Crippen MR) is 70.1 cm³/mol. The molecule has 1 aromatic carbocycles. The smallest absolute Gasteiger partial charge is 0.120 e. The molecule has 0 saturated carbocycles. The lowest BCUT2D eigenvalue weighted by molar-refractivity contribution is 0.172. The molecule has 1 fully saturated rings. The Bertz CT molecular complexity index is 372. The van der Waals surface area contributed by atoms with Crippen LogP contribution in [-0.4, -0.2) is 36.2 Å². The van der Waals surface area contributed by atoms with Crippen LogP contribution in [0.4, 0.5) is 0 Å². The Labute approximate surface area is 103 Å². The summed E-state index contributed by atoms with van der Waals surface area (Å²) in [5.41, 5.74) is 1.01. The number of phenols is 1. The van der Waals surface area contributed by atoms with Crippen LogP contribution >= 0.6 is 0 Å². The van der Waals surface area contributed by atoms with E-state index in [-0.39, 0.29) is 6.04 Å². The number of nitrogens with zero attached hydrogens (tertiary/aromatic N) is 1. The van der Waals surface area contributed by atoms with E-state index in [1.807, 2.05) is 24.3 Å². The van der Waals surface area contributed by atoms with E-state index < -0.39 is 0 Å². The fourth-order valence-electron chi connectivity index (χ4n) is 2.39. The van der Waals surface area contributed by atoms with Crippen molar-refractivity contribution >= 4 is 0 Å². The molecule has 1 aliphatic heterocycles. The third kappa shape index (κ3) is 2.87. The first-order chi connectivity index (χ1) is 8.33. The van der Waals surface area contributed by atoms with Gasteiger partial charge in [0, 0.05) is 37.8 Å². The molecule has 92 valence electrons. The fraction of sp³-hybridized carbons (Fsp3) is 0.429. The monoisotopic (exact) mass is 232 g/mol. The van der Waals surface area contributed by atoms with Gasteiger partial charge in [-0.1, -0.05) is 24.3 Å². The topological polar surface area (TPSA) is 35.5 Å². The molecular weight excluding hydrogens is 212 g/mol. The molecule has 2 N–H and O–H groups in total. The van der Waals surface area contributed by atoms with E-state index in [0.29, 0.717) is 5.75 Å². The summed E-state index contributed by atoms with van der Waals surface area (Å²) in [6, 6.07) is 7.85. The fourth-order valence-corrected chi connectivity index (χ4v) is 2.39. The van der Waals surface area contributed by atoms with Gasteiger partial charge in [0.1, 0.15) is 5.75 Å². The van der Waals surface area contributed by atoms with Crippen molar-refractivity contribution in [2.24, 2.45) is 0 Å².